The number of aromatic nitrogens is 2. The van der Waals surface area contributed by atoms with Crippen molar-refractivity contribution in [3.05, 3.63) is 46.5 Å². The average molecular weight is 342 g/mol. The van der Waals surface area contributed by atoms with Crippen LogP contribution in [0.15, 0.2) is 18.2 Å². The second kappa shape index (κ2) is 6.26. The molecule has 132 valence electrons. The lowest BCUT2D eigenvalue weighted by molar-refractivity contribution is 0.0927. The Labute approximate surface area is 146 Å². The Morgan fingerprint density at radius 3 is 2.92 bits per heavy atom. The minimum atomic E-state index is -0.318. The van der Waals surface area contributed by atoms with Crippen LogP contribution in [-0.4, -0.2) is 28.3 Å². The Hall–Kier alpha value is -2.21. The number of amides is 1. The monoisotopic (exact) mass is 342 g/mol. The topological polar surface area (TPSA) is 72.9 Å². The molecule has 2 aliphatic carbocycles. The van der Waals surface area contributed by atoms with Crippen molar-refractivity contribution in [2.45, 2.75) is 45.1 Å². The van der Waals surface area contributed by atoms with Crippen LogP contribution in [-0.2, 0) is 12.8 Å². The van der Waals surface area contributed by atoms with E-state index in [0.29, 0.717) is 23.8 Å². The number of halogens is 1. The molecule has 0 saturated heterocycles. The maximum absolute atomic E-state index is 14.4. The number of fused-ring (bicyclic) bond motifs is 1. The van der Waals surface area contributed by atoms with E-state index in [9.17, 15) is 9.18 Å². The highest BCUT2D eigenvalue weighted by Crippen LogP contribution is 2.33. The first kappa shape index (κ1) is 16.3. The van der Waals surface area contributed by atoms with Gasteiger partial charge in [-0.1, -0.05) is 6.07 Å². The molecule has 3 N–H and O–H groups in total. The lowest BCUT2D eigenvalue weighted by Crippen LogP contribution is -2.42. The first-order chi connectivity index (χ1) is 12.1. The van der Waals surface area contributed by atoms with Gasteiger partial charge in [0.1, 0.15) is 11.5 Å². The molecule has 1 atom stereocenters. The van der Waals surface area contributed by atoms with Crippen LogP contribution in [0.2, 0.25) is 0 Å². The predicted molar refractivity (Wildman–Crippen MR) is 93.3 cm³/mol. The number of carbonyl (C=O) groups is 1. The van der Waals surface area contributed by atoms with Crippen LogP contribution in [0.4, 0.5) is 4.39 Å². The van der Waals surface area contributed by atoms with Crippen LogP contribution >= 0.6 is 0 Å². The summed E-state index contributed by atoms with van der Waals surface area (Å²) in [5, 5.41) is 7.51. The standard InChI is InChI=1S/C19H23FN4O/c1-11-5-8-17(14(20)9-11)24-16-4-2-3-13(16)18(23-24)19(25)22-15(10-21)12-6-7-12/h5,8-9,12,15H,2-4,6-7,10,21H2,1H3,(H,22,25). The van der Waals surface area contributed by atoms with Gasteiger partial charge in [0.25, 0.3) is 5.91 Å². The van der Waals surface area contributed by atoms with Crippen molar-refractivity contribution < 1.29 is 9.18 Å². The summed E-state index contributed by atoms with van der Waals surface area (Å²) < 4.78 is 16.0. The van der Waals surface area contributed by atoms with E-state index in [2.05, 4.69) is 10.4 Å². The molecule has 1 fully saturated rings. The summed E-state index contributed by atoms with van der Waals surface area (Å²) in [4.78, 5) is 12.8. The fraction of sp³-hybridized carbons (Fsp3) is 0.474. The number of carbonyl (C=O) groups excluding carboxylic acids is 1. The normalized spacial score (nSPS) is 17.4. The van der Waals surface area contributed by atoms with Gasteiger partial charge in [0.15, 0.2) is 5.69 Å². The molecule has 0 radical (unpaired) electrons. The lowest BCUT2D eigenvalue weighted by Gasteiger charge is -2.15. The van der Waals surface area contributed by atoms with Gasteiger partial charge in [-0.05, 0) is 62.6 Å². The van der Waals surface area contributed by atoms with E-state index in [-0.39, 0.29) is 17.8 Å². The summed E-state index contributed by atoms with van der Waals surface area (Å²) >= 11 is 0. The Bertz CT molecular complexity index is 825. The molecule has 1 aromatic heterocycles. The van der Waals surface area contributed by atoms with E-state index >= 15 is 0 Å². The Kier molecular flexibility index (Phi) is 4.07. The molecule has 1 aromatic carbocycles. The third-order valence-corrected chi connectivity index (χ3v) is 5.24. The van der Waals surface area contributed by atoms with Crippen molar-refractivity contribution >= 4 is 5.91 Å². The predicted octanol–water partition coefficient (Wildman–Crippen LogP) is 2.28. The number of hydrogen-bond acceptors (Lipinski definition) is 3. The van der Waals surface area contributed by atoms with Crippen molar-refractivity contribution in [1.29, 1.82) is 0 Å². The number of nitrogens with two attached hydrogens (primary N) is 1. The molecule has 25 heavy (non-hydrogen) atoms. The van der Waals surface area contributed by atoms with E-state index in [0.717, 1.165) is 48.9 Å². The zero-order valence-corrected chi connectivity index (χ0v) is 14.4. The summed E-state index contributed by atoms with van der Waals surface area (Å²) in [6, 6.07) is 5.09. The van der Waals surface area contributed by atoms with Crippen molar-refractivity contribution in [3.63, 3.8) is 0 Å². The van der Waals surface area contributed by atoms with E-state index in [1.807, 2.05) is 13.0 Å². The van der Waals surface area contributed by atoms with Crippen LogP contribution in [0, 0.1) is 18.7 Å². The van der Waals surface area contributed by atoms with Crippen LogP contribution in [0.1, 0.15) is 46.6 Å². The summed E-state index contributed by atoms with van der Waals surface area (Å²) in [5.74, 6) is -0.0210. The fourth-order valence-electron chi connectivity index (χ4n) is 3.71. The van der Waals surface area contributed by atoms with Gasteiger partial charge >= 0.3 is 0 Å². The minimum Gasteiger partial charge on any atom is -0.346 e. The number of nitrogens with zero attached hydrogens (tertiary/aromatic N) is 2. The van der Waals surface area contributed by atoms with Gasteiger partial charge in [-0.2, -0.15) is 5.10 Å². The second-order valence-electron chi connectivity index (χ2n) is 7.15. The van der Waals surface area contributed by atoms with Crippen LogP contribution in [0.5, 0.6) is 0 Å². The maximum atomic E-state index is 14.4. The SMILES string of the molecule is Cc1ccc(-n2nc(C(=O)NC(CN)C3CC3)c3c2CCC3)c(F)c1. The number of aryl methyl sites for hydroxylation is 1. The van der Waals surface area contributed by atoms with E-state index in [1.165, 1.54) is 6.07 Å². The molecule has 2 aliphatic rings. The molecule has 0 spiro atoms. The summed E-state index contributed by atoms with van der Waals surface area (Å²) in [6.07, 6.45) is 4.81. The molecule has 4 rings (SSSR count). The highest BCUT2D eigenvalue weighted by Gasteiger charge is 2.34. The summed E-state index contributed by atoms with van der Waals surface area (Å²) in [7, 11) is 0. The van der Waals surface area contributed by atoms with Gasteiger partial charge in [-0.15, -0.1) is 0 Å². The number of benzene rings is 1. The van der Waals surface area contributed by atoms with E-state index in [4.69, 9.17) is 5.73 Å². The molecule has 0 aliphatic heterocycles. The molecular weight excluding hydrogens is 319 g/mol. The maximum Gasteiger partial charge on any atom is 0.272 e. The quantitative estimate of drug-likeness (QED) is 0.875. The third-order valence-electron chi connectivity index (χ3n) is 5.24. The molecule has 5 nitrogen and oxygen atoms in total. The Balaban J connectivity index is 1.69. The first-order valence-corrected chi connectivity index (χ1v) is 8.96. The molecular formula is C19H23FN4O. The summed E-state index contributed by atoms with van der Waals surface area (Å²) in [6.45, 7) is 2.29. The van der Waals surface area contributed by atoms with Crippen molar-refractivity contribution in [3.8, 4) is 5.69 Å². The van der Waals surface area contributed by atoms with Crippen molar-refractivity contribution in [1.82, 2.24) is 15.1 Å². The van der Waals surface area contributed by atoms with Gasteiger partial charge in [-0.25, -0.2) is 9.07 Å². The third kappa shape index (κ3) is 2.95. The van der Waals surface area contributed by atoms with Crippen molar-refractivity contribution in [2.75, 3.05) is 6.54 Å². The van der Waals surface area contributed by atoms with E-state index < -0.39 is 0 Å². The van der Waals surface area contributed by atoms with Gasteiger partial charge in [0, 0.05) is 23.8 Å². The molecule has 2 aromatic rings. The number of nitrogens with one attached hydrogen (secondary N) is 1. The zero-order chi connectivity index (χ0) is 17.6. The highest BCUT2D eigenvalue weighted by molar-refractivity contribution is 5.94. The Morgan fingerprint density at radius 1 is 1.44 bits per heavy atom. The first-order valence-electron chi connectivity index (χ1n) is 8.96. The molecule has 0 bridgehead atoms. The van der Waals surface area contributed by atoms with Crippen molar-refractivity contribution in [2.24, 2.45) is 11.7 Å². The lowest BCUT2D eigenvalue weighted by atomic mass is 10.1. The smallest absolute Gasteiger partial charge is 0.272 e. The Morgan fingerprint density at radius 2 is 2.24 bits per heavy atom. The molecule has 1 heterocycles. The molecule has 1 saturated carbocycles. The van der Waals surface area contributed by atoms with Crippen LogP contribution in [0.25, 0.3) is 5.69 Å². The largest absolute Gasteiger partial charge is 0.346 e. The average Bonchev–Trinajstić information content (AvgIpc) is 3.20. The second-order valence-corrected chi connectivity index (χ2v) is 7.15. The minimum absolute atomic E-state index is 0.00538. The van der Waals surface area contributed by atoms with Crippen LogP contribution < -0.4 is 11.1 Å². The highest BCUT2D eigenvalue weighted by atomic mass is 19.1. The molecule has 6 heteroatoms. The molecule has 1 amide bonds. The van der Waals surface area contributed by atoms with E-state index in [1.54, 1.807) is 10.7 Å². The van der Waals surface area contributed by atoms with Gasteiger partial charge in [0.05, 0.1) is 0 Å². The van der Waals surface area contributed by atoms with Crippen LogP contribution in [0.3, 0.4) is 0 Å². The zero-order valence-electron chi connectivity index (χ0n) is 14.4. The number of rotatable bonds is 5. The number of hydrogen-bond donors (Lipinski definition) is 2. The fourth-order valence-corrected chi connectivity index (χ4v) is 3.71. The molecule has 1 unspecified atom stereocenters. The van der Waals surface area contributed by atoms with Gasteiger partial charge in [0.2, 0.25) is 0 Å². The van der Waals surface area contributed by atoms with Gasteiger partial charge in [-0.3, -0.25) is 4.79 Å². The summed E-state index contributed by atoms with van der Waals surface area (Å²) in [5.41, 5.74) is 9.37. The van der Waals surface area contributed by atoms with Gasteiger partial charge < -0.3 is 11.1 Å².